The molecule has 1 heterocycles. The second kappa shape index (κ2) is 4.97. The molecule has 0 spiro atoms. The van der Waals surface area contributed by atoms with Crippen LogP contribution in [0.15, 0.2) is 53.3 Å². The molecule has 19 heavy (non-hydrogen) atoms. The standard InChI is InChI=1S/C15H11BrN2O/c1-10-6-7-11(16)8-14(10)19-15-12-4-2-3-5-13(12)17-9-18-15/h2-9H,1H3. The Morgan fingerprint density at radius 3 is 2.79 bits per heavy atom. The smallest absolute Gasteiger partial charge is 0.230 e. The van der Waals surface area contributed by atoms with E-state index in [1.54, 1.807) is 0 Å². The summed E-state index contributed by atoms with van der Waals surface area (Å²) in [5.41, 5.74) is 1.94. The van der Waals surface area contributed by atoms with Gasteiger partial charge in [-0.15, -0.1) is 0 Å². The quantitative estimate of drug-likeness (QED) is 0.699. The third kappa shape index (κ3) is 2.44. The van der Waals surface area contributed by atoms with Gasteiger partial charge in [0, 0.05) is 4.47 Å². The number of benzene rings is 2. The highest BCUT2D eigenvalue weighted by Gasteiger charge is 2.07. The summed E-state index contributed by atoms with van der Waals surface area (Å²) < 4.78 is 6.90. The monoisotopic (exact) mass is 314 g/mol. The van der Waals surface area contributed by atoms with Crippen molar-refractivity contribution in [1.29, 1.82) is 0 Å². The Kier molecular flexibility index (Phi) is 3.17. The van der Waals surface area contributed by atoms with Gasteiger partial charge in [-0.05, 0) is 36.8 Å². The van der Waals surface area contributed by atoms with Gasteiger partial charge in [0.25, 0.3) is 0 Å². The van der Waals surface area contributed by atoms with Crippen molar-refractivity contribution in [3.63, 3.8) is 0 Å². The third-order valence-corrected chi connectivity index (χ3v) is 3.36. The lowest BCUT2D eigenvalue weighted by Gasteiger charge is -2.09. The van der Waals surface area contributed by atoms with Crippen LogP contribution in [0.2, 0.25) is 0 Å². The molecule has 0 aliphatic rings. The van der Waals surface area contributed by atoms with Crippen molar-refractivity contribution in [1.82, 2.24) is 9.97 Å². The van der Waals surface area contributed by atoms with E-state index in [9.17, 15) is 0 Å². The summed E-state index contributed by atoms with van der Waals surface area (Å²) in [5, 5.41) is 0.907. The Hall–Kier alpha value is -1.94. The van der Waals surface area contributed by atoms with E-state index in [4.69, 9.17) is 4.74 Å². The van der Waals surface area contributed by atoms with E-state index >= 15 is 0 Å². The number of fused-ring (bicyclic) bond motifs is 1. The fourth-order valence-corrected chi connectivity index (χ4v) is 2.19. The molecular weight excluding hydrogens is 304 g/mol. The predicted octanol–water partition coefficient (Wildman–Crippen LogP) is 4.49. The third-order valence-electron chi connectivity index (χ3n) is 2.86. The molecule has 0 unspecified atom stereocenters. The summed E-state index contributed by atoms with van der Waals surface area (Å²) in [5.74, 6) is 1.37. The average Bonchev–Trinajstić information content (AvgIpc) is 2.43. The number of hydrogen-bond donors (Lipinski definition) is 0. The summed E-state index contributed by atoms with van der Waals surface area (Å²) in [6.45, 7) is 2.01. The van der Waals surface area contributed by atoms with Crippen LogP contribution in [-0.2, 0) is 0 Å². The maximum Gasteiger partial charge on any atom is 0.230 e. The largest absolute Gasteiger partial charge is 0.438 e. The van der Waals surface area contributed by atoms with Crippen LogP contribution in [0.25, 0.3) is 10.9 Å². The van der Waals surface area contributed by atoms with Crippen molar-refractivity contribution in [2.24, 2.45) is 0 Å². The number of para-hydroxylation sites is 1. The number of halogens is 1. The summed E-state index contributed by atoms with van der Waals surface area (Å²) in [4.78, 5) is 8.45. The predicted molar refractivity (Wildman–Crippen MR) is 78.5 cm³/mol. The molecule has 0 radical (unpaired) electrons. The molecule has 0 saturated carbocycles. The van der Waals surface area contributed by atoms with E-state index in [-0.39, 0.29) is 0 Å². The minimum Gasteiger partial charge on any atom is -0.438 e. The molecule has 0 aliphatic carbocycles. The van der Waals surface area contributed by atoms with Crippen molar-refractivity contribution < 1.29 is 4.74 Å². The molecule has 0 fully saturated rings. The number of hydrogen-bond acceptors (Lipinski definition) is 3. The van der Waals surface area contributed by atoms with E-state index < -0.39 is 0 Å². The molecule has 1 aromatic heterocycles. The molecule has 3 aromatic rings. The maximum absolute atomic E-state index is 5.92. The van der Waals surface area contributed by atoms with Crippen molar-refractivity contribution in [2.75, 3.05) is 0 Å². The first-order valence-electron chi connectivity index (χ1n) is 5.88. The molecular formula is C15H11BrN2O. The number of aryl methyl sites for hydroxylation is 1. The fraction of sp³-hybridized carbons (Fsp3) is 0.0667. The first-order chi connectivity index (χ1) is 9.24. The van der Waals surface area contributed by atoms with Crippen molar-refractivity contribution >= 4 is 26.8 Å². The van der Waals surface area contributed by atoms with Crippen molar-refractivity contribution in [3.05, 3.63) is 58.8 Å². The first kappa shape index (κ1) is 12.1. The van der Waals surface area contributed by atoms with Crippen LogP contribution in [-0.4, -0.2) is 9.97 Å². The second-order valence-electron chi connectivity index (χ2n) is 4.21. The van der Waals surface area contributed by atoms with Gasteiger partial charge >= 0.3 is 0 Å². The van der Waals surface area contributed by atoms with E-state index in [0.717, 1.165) is 26.7 Å². The van der Waals surface area contributed by atoms with Gasteiger partial charge in [-0.2, -0.15) is 0 Å². The lowest BCUT2D eigenvalue weighted by molar-refractivity contribution is 0.464. The lowest BCUT2D eigenvalue weighted by atomic mass is 10.2. The van der Waals surface area contributed by atoms with Gasteiger partial charge in [0.1, 0.15) is 12.1 Å². The zero-order valence-electron chi connectivity index (χ0n) is 10.3. The minimum absolute atomic E-state index is 0.576. The van der Waals surface area contributed by atoms with Crippen LogP contribution in [0.3, 0.4) is 0 Å². The van der Waals surface area contributed by atoms with Gasteiger partial charge in [0.05, 0.1) is 10.9 Å². The molecule has 3 nitrogen and oxygen atoms in total. The Morgan fingerprint density at radius 1 is 1.05 bits per heavy atom. The van der Waals surface area contributed by atoms with Crippen LogP contribution in [0.4, 0.5) is 0 Å². The molecule has 0 bridgehead atoms. The minimum atomic E-state index is 0.576. The topological polar surface area (TPSA) is 35.0 Å². The highest BCUT2D eigenvalue weighted by atomic mass is 79.9. The number of rotatable bonds is 2. The van der Waals surface area contributed by atoms with Gasteiger partial charge in [-0.1, -0.05) is 34.1 Å². The number of aromatic nitrogens is 2. The number of ether oxygens (including phenoxy) is 1. The fourth-order valence-electron chi connectivity index (χ4n) is 1.85. The second-order valence-corrected chi connectivity index (χ2v) is 5.12. The molecule has 2 aromatic carbocycles. The summed E-state index contributed by atoms with van der Waals surface area (Å²) in [6, 6.07) is 13.7. The van der Waals surface area contributed by atoms with Crippen LogP contribution < -0.4 is 4.74 Å². The van der Waals surface area contributed by atoms with Gasteiger partial charge in [0.15, 0.2) is 0 Å². The van der Waals surface area contributed by atoms with Crippen LogP contribution in [0, 0.1) is 6.92 Å². The highest BCUT2D eigenvalue weighted by Crippen LogP contribution is 2.30. The molecule has 94 valence electrons. The Labute approximate surface area is 119 Å². The van der Waals surface area contributed by atoms with E-state index in [1.165, 1.54) is 6.33 Å². The van der Waals surface area contributed by atoms with E-state index in [2.05, 4.69) is 25.9 Å². The Balaban J connectivity index is 2.08. The van der Waals surface area contributed by atoms with Gasteiger partial charge in [0.2, 0.25) is 5.88 Å². The van der Waals surface area contributed by atoms with Crippen molar-refractivity contribution in [3.8, 4) is 11.6 Å². The molecule has 0 N–H and O–H groups in total. The van der Waals surface area contributed by atoms with Crippen molar-refractivity contribution in [2.45, 2.75) is 6.92 Å². The molecule has 0 saturated heterocycles. The maximum atomic E-state index is 5.92. The zero-order chi connectivity index (χ0) is 13.2. The normalized spacial score (nSPS) is 10.6. The average molecular weight is 315 g/mol. The SMILES string of the molecule is Cc1ccc(Br)cc1Oc1ncnc2ccccc12. The highest BCUT2D eigenvalue weighted by molar-refractivity contribution is 9.10. The summed E-state index contributed by atoms with van der Waals surface area (Å²) in [6.07, 6.45) is 1.52. The van der Waals surface area contributed by atoms with Crippen LogP contribution >= 0.6 is 15.9 Å². The Bertz CT molecular complexity index is 738. The van der Waals surface area contributed by atoms with E-state index in [1.807, 2.05) is 49.4 Å². The van der Waals surface area contributed by atoms with Gasteiger partial charge < -0.3 is 4.74 Å². The van der Waals surface area contributed by atoms with Crippen LogP contribution in [0.1, 0.15) is 5.56 Å². The summed E-state index contributed by atoms with van der Waals surface area (Å²) in [7, 11) is 0. The van der Waals surface area contributed by atoms with Gasteiger partial charge in [-0.25, -0.2) is 9.97 Å². The zero-order valence-corrected chi connectivity index (χ0v) is 11.9. The van der Waals surface area contributed by atoms with Crippen LogP contribution in [0.5, 0.6) is 11.6 Å². The first-order valence-corrected chi connectivity index (χ1v) is 6.67. The molecule has 0 amide bonds. The lowest BCUT2D eigenvalue weighted by Crippen LogP contribution is -1.93. The molecule has 0 atom stereocenters. The molecule has 3 rings (SSSR count). The molecule has 4 heteroatoms. The Morgan fingerprint density at radius 2 is 1.89 bits per heavy atom. The molecule has 0 aliphatic heterocycles. The van der Waals surface area contributed by atoms with E-state index in [0.29, 0.717) is 5.88 Å². The van der Waals surface area contributed by atoms with Gasteiger partial charge in [-0.3, -0.25) is 0 Å². The number of nitrogens with zero attached hydrogens (tertiary/aromatic N) is 2. The summed E-state index contributed by atoms with van der Waals surface area (Å²) >= 11 is 3.45.